The Morgan fingerprint density at radius 1 is 1.50 bits per heavy atom. The van der Waals surface area contributed by atoms with Crippen LogP contribution in [0.5, 0.6) is 5.75 Å². The highest BCUT2D eigenvalue weighted by Crippen LogP contribution is 2.15. The molecule has 74 valence electrons. The normalized spacial score (nSPS) is 19.9. The van der Waals surface area contributed by atoms with E-state index in [2.05, 4.69) is 5.10 Å². The summed E-state index contributed by atoms with van der Waals surface area (Å²) in [5, 5.41) is 3.43. The van der Waals surface area contributed by atoms with E-state index >= 15 is 0 Å². The van der Waals surface area contributed by atoms with E-state index < -0.39 is 0 Å². The van der Waals surface area contributed by atoms with E-state index in [9.17, 15) is 0 Å². The molecule has 1 aliphatic rings. The summed E-state index contributed by atoms with van der Waals surface area (Å²) in [5.74, 6) is 5.87. The molecule has 0 aromatic heterocycles. The molecule has 0 amide bonds. The molecule has 0 aliphatic carbocycles. The fraction of sp³-hybridized carbons (Fsp3) is 0.300. The third-order valence-corrected chi connectivity index (χ3v) is 1.94. The van der Waals surface area contributed by atoms with E-state index in [-0.39, 0.29) is 0 Å². The molecule has 0 bridgehead atoms. The third kappa shape index (κ3) is 2.47. The predicted octanol–water partition coefficient (Wildman–Crippen LogP) is 0.757. The van der Waals surface area contributed by atoms with Crippen LogP contribution in [0.2, 0.25) is 0 Å². The van der Waals surface area contributed by atoms with Crippen LogP contribution in [-0.4, -0.2) is 25.5 Å². The van der Waals surface area contributed by atoms with Crippen molar-refractivity contribution >= 4 is 6.21 Å². The lowest BCUT2D eigenvalue weighted by Crippen LogP contribution is -2.03. The standard InChI is InChI=1S/C10H12N2O2/c11-12-5-8-1-3-9(4-2-8)13-6-10-7-14-10/h1-5,10H,6-7,11H2. The number of rotatable bonds is 4. The van der Waals surface area contributed by atoms with Gasteiger partial charge in [0.25, 0.3) is 0 Å². The molecule has 1 aromatic carbocycles. The van der Waals surface area contributed by atoms with Gasteiger partial charge in [-0.2, -0.15) is 5.10 Å². The van der Waals surface area contributed by atoms with E-state index in [0.717, 1.165) is 17.9 Å². The van der Waals surface area contributed by atoms with Gasteiger partial charge in [0.15, 0.2) is 0 Å². The zero-order chi connectivity index (χ0) is 9.80. The van der Waals surface area contributed by atoms with Gasteiger partial charge in [-0.3, -0.25) is 0 Å². The quantitative estimate of drug-likeness (QED) is 0.331. The van der Waals surface area contributed by atoms with Crippen LogP contribution in [0.15, 0.2) is 29.4 Å². The summed E-state index contributed by atoms with van der Waals surface area (Å²) in [6.45, 7) is 1.45. The van der Waals surface area contributed by atoms with Gasteiger partial charge in [-0.1, -0.05) is 0 Å². The molecule has 1 saturated heterocycles. The summed E-state index contributed by atoms with van der Waals surface area (Å²) in [6.07, 6.45) is 1.88. The molecule has 1 heterocycles. The number of benzene rings is 1. The van der Waals surface area contributed by atoms with Crippen molar-refractivity contribution in [2.45, 2.75) is 6.10 Å². The molecule has 2 N–H and O–H groups in total. The number of hydrogen-bond acceptors (Lipinski definition) is 4. The van der Waals surface area contributed by atoms with Crippen molar-refractivity contribution in [2.24, 2.45) is 10.9 Å². The minimum atomic E-state index is 0.292. The van der Waals surface area contributed by atoms with E-state index in [1.807, 2.05) is 24.3 Å². The summed E-state index contributed by atoms with van der Waals surface area (Å²) < 4.78 is 10.5. The van der Waals surface area contributed by atoms with Gasteiger partial charge < -0.3 is 15.3 Å². The molecular formula is C10H12N2O2. The smallest absolute Gasteiger partial charge is 0.119 e. The molecule has 4 nitrogen and oxygen atoms in total. The van der Waals surface area contributed by atoms with Crippen LogP contribution < -0.4 is 10.6 Å². The molecule has 0 saturated carbocycles. The number of nitrogens with two attached hydrogens (primary N) is 1. The van der Waals surface area contributed by atoms with Crippen molar-refractivity contribution in [1.29, 1.82) is 0 Å². The molecule has 1 fully saturated rings. The number of hydrogen-bond donors (Lipinski definition) is 1. The van der Waals surface area contributed by atoms with Crippen molar-refractivity contribution in [2.75, 3.05) is 13.2 Å². The number of hydrazone groups is 1. The summed E-state index contributed by atoms with van der Waals surface area (Å²) in [5.41, 5.74) is 0.961. The van der Waals surface area contributed by atoms with Gasteiger partial charge in [0.05, 0.1) is 12.8 Å². The lowest BCUT2D eigenvalue weighted by Gasteiger charge is -2.03. The SMILES string of the molecule is NN=Cc1ccc(OCC2CO2)cc1. The largest absolute Gasteiger partial charge is 0.491 e. The first-order valence-electron chi connectivity index (χ1n) is 4.46. The fourth-order valence-electron chi connectivity index (χ4n) is 1.09. The van der Waals surface area contributed by atoms with Crippen molar-refractivity contribution in [3.05, 3.63) is 29.8 Å². The second-order valence-corrected chi connectivity index (χ2v) is 3.11. The topological polar surface area (TPSA) is 60.1 Å². The molecule has 1 aliphatic heterocycles. The highest BCUT2D eigenvalue weighted by Gasteiger charge is 2.22. The minimum absolute atomic E-state index is 0.292. The van der Waals surface area contributed by atoms with Crippen LogP contribution in [0.25, 0.3) is 0 Å². The Balaban J connectivity index is 1.91. The van der Waals surface area contributed by atoms with E-state index in [1.165, 1.54) is 0 Å². The van der Waals surface area contributed by atoms with E-state index in [1.54, 1.807) is 6.21 Å². The molecule has 1 aromatic rings. The summed E-state index contributed by atoms with van der Waals surface area (Å²) >= 11 is 0. The first-order chi connectivity index (χ1) is 6.88. The Kier molecular flexibility index (Phi) is 2.65. The maximum atomic E-state index is 5.46. The Hall–Kier alpha value is -1.55. The van der Waals surface area contributed by atoms with E-state index in [4.69, 9.17) is 15.3 Å². The minimum Gasteiger partial charge on any atom is -0.491 e. The van der Waals surface area contributed by atoms with Crippen LogP contribution in [-0.2, 0) is 4.74 Å². The Morgan fingerprint density at radius 3 is 2.79 bits per heavy atom. The van der Waals surface area contributed by atoms with Crippen molar-refractivity contribution in [1.82, 2.24) is 0 Å². The van der Waals surface area contributed by atoms with Crippen LogP contribution in [0.1, 0.15) is 5.56 Å². The molecule has 1 atom stereocenters. The molecule has 2 rings (SSSR count). The second-order valence-electron chi connectivity index (χ2n) is 3.11. The molecular weight excluding hydrogens is 180 g/mol. The van der Waals surface area contributed by atoms with Crippen molar-refractivity contribution < 1.29 is 9.47 Å². The molecule has 1 unspecified atom stereocenters. The van der Waals surface area contributed by atoms with Crippen LogP contribution in [0, 0.1) is 0 Å². The second kappa shape index (κ2) is 4.11. The molecule has 4 heteroatoms. The van der Waals surface area contributed by atoms with Gasteiger partial charge >= 0.3 is 0 Å². The van der Waals surface area contributed by atoms with E-state index in [0.29, 0.717) is 12.7 Å². The Morgan fingerprint density at radius 2 is 2.21 bits per heavy atom. The van der Waals surface area contributed by atoms with Gasteiger partial charge in [-0.15, -0.1) is 0 Å². The molecule has 14 heavy (non-hydrogen) atoms. The van der Waals surface area contributed by atoms with Crippen molar-refractivity contribution in [3.8, 4) is 5.75 Å². The van der Waals surface area contributed by atoms with Crippen LogP contribution in [0.3, 0.4) is 0 Å². The number of ether oxygens (including phenoxy) is 2. The maximum Gasteiger partial charge on any atom is 0.119 e. The summed E-state index contributed by atoms with van der Waals surface area (Å²) in [4.78, 5) is 0. The van der Waals surface area contributed by atoms with Gasteiger partial charge in [-0.05, 0) is 29.8 Å². The summed E-state index contributed by atoms with van der Waals surface area (Å²) in [7, 11) is 0. The first kappa shape index (κ1) is 9.02. The highest BCUT2D eigenvalue weighted by atomic mass is 16.6. The molecule has 0 spiro atoms. The lowest BCUT2D eigenvalue weighted by atomic mass is 10.2. The van der Waals surface area contributed by atoms with Crippen LogP contribution in [0.4, 0.5) is 0 Å². The monoisotopic (exact) mass is 192 g/mol. The maximum absolute atomic E-state index is 5.46. The Labute approximate surface area is 82.3 Å². The third-order valence-electron chi connectivity index (χ3n) is 1.94. The zero-order valence-corrected chi connectivity index (χ0v) is 7.72. The van der Waals surface area contributed by atoms with Gasteiger partial charge in [0.1, 0.15) is 18.5 Å². The number of nitrogens with zero attached hydrogens (tertiary/aromatic N) is 1. The zero-order valence-electron chi connectivity index (χ0n) is 7.72. The van der Waals surface area contributed by atoms with Crippen molar-refractivity contribution in [3.63, 3.8) is 0 Å². The fourth-order valence-corrected chi connectivity index (χ4v) is 1.09. The summed E-state index contributed by atoms with van der Waals surface area (Å²) in [6, 6.07) is 7.58. The molecule has 0 radical (unpaired) electrons. The average Bonchev–Trinajstić information content (AvgIpc) is 3.01. The highest BCUT2D eigenvalue weighted by molar-refractivity contribution is 5.79. The predicted molar refractivity (Wildman–Crippen MR) is 53.5 cm³/mol. The number of epoxide rings is 1. The Bertz CT molecular complexity index is 317. The van der Waals surface area contributed by atoms with Crippen LogP contribution >= 0.6 is 0 Å². The lowest BCUT2D eigenvalue weighted by molar-refractivity contribution is 0.263. The van der Waals surface area contributed by atoms with Gasteiger partial charge in [0, 0.05) is 0 Å². The average molecular weight is 192 g/mol. The van der Waals surface area contributed by atoms with Gasteiger partial charge in [0.2, 0.25) is 0 Å². The van der Waals surface area contributed by atoms with Gasteiger partial charge in [-0.25, -0.2) is 0 Å². The first-order valence-corrected chi connectivity index (χ1v) is 4.46.